The summed E-state index contributed by atoms with van der Waals surface area (Å²) >= 11 is 0. The molecule has 8 nitrogen and oxygen atoms in total. The Hall–Kier alpha value is -4.33. The molecule has 0 aromatic heterocycles. The number of phenolic OH excluding ortho intramolecular Hbond substituents is 1. The Morgan fingerprint density at radius 3 is 2.00 bits per heavy atom. The first-order valence-electron chi connectivity index (χ1n) is 14.4. The van der Waals surface area contributed by atoms with Crippen molar-refractivity contribution in [1.29, 1.82) is 0 Å². The number of alkyl carbamates (subject to hydrolysis) is 1. The predicted molar refractivity (Wildman–Crippen MR) is 164 cm³/mol. The van der Waals surface area contributed by atoms with E-state index in [0.717, 1.165) is 23.1 Å². The number of hydrogen-bond acceptors (Lipinski definition) is 5. The van der Waals surface area contributed by atoms with Crippen LogP contribution in [0.1, 0.15) is 69.8 Å². The quantitative estimate of drug-likeness (QED) is 0.273. The normalized spacial score (nSPS) is 12.7. The van der Waals surface area contributed by atoms with Crippen molar-refractivity contribution in [1.82, 2.24) is 15.5 Å². The zero-order valence-electron chi connectivity index (χ0n) is 25.4. The Balaban J connectivity index is 2.01. The molecule has 42 heavy (non-hydrogen) atoms. The number of hydrogen-bond donors (Lipinski definition) is 3. The average Bonchev–Trinajstić information content (AvgIpc) is 2.94. The summed E-state index contributed by atoms with van der Waals surface area (Å²) in [4.78, 5) is 42.7. The molecule has 0 aliphatic rings. The summed E-state index contributed by atoms with van der Waals surface area (Å²) in [5.74, 6) is -0.662. The maximum absolute atomic E-state index is 14.4. The summed E-state index contributed by atoms with van der Waals surface area (Å²) in [6.07, 6.45) is 0.238. The molecule has 2 unspecified atom stereocenters. The van der Waals surface area contributed by atoms with Crippen molar-refractivity contribution in [3.8, 4) is 5.75 Å². The van der Waals surface area contributed by atoms with E-state index >= 15 is 0 Å². The fourth-order valence-electron chi connectivity index (χ4n) is 4.63. The van der Waals surface area contributed by atoms with Gasteiger partial charge in [-0.1, -0.05) is 73.7 Å². The predicted octanol–water partition coefficient (Wildman–Crippen LogP) is 5.69. The topological polar surface area (TPSA) is 108 Å². The second-order valence-electron chi connectivity index (χ2n) is 11.6. The monoisotopic (exact) mass is 573 g/mol. The molecular weight excluding hydrogens is 530 g/mol. The molecule has 0 fully saturated rings. The minimum Gasteiger partial charge on any atom is -0.508 e. The minimum absolute atomic E-state index is 0.0937. The molecule has 0 saturated heterocycles. The number of rotatable bonds is 11. The Morgan fingerprint density at radius 1 is 0.857 bits per heavy atom. The third-order valence-electron chi connectivity index (χ3n) is 6.72. The standard InChI is InChI=1S/C34H43N3O5/c1-7-24-13-17-27(18-14-24)30(31(39)35-22-26-11-9-8-10-12-26)37(23(2)3)32(40)29(36-33(41)42-34(4,5)6)21-25-15-19-28(38)20-16-25/h8-20,23,29-30,38H,7,21-22H2,1-6H3,(H,35,39)(H,36,41). The highest BCUT2D eigenvalue weighted by Gasteiger charge is 2.38. The van der Waals surface area contributed by atoms with Gasteiger partial charge in [-0.05, 0) is 75.4 Å². The number of aryl methyl sites for hydroxylation is 1. The van der Waals surface area contributed by atoms with Gasteiger partial charge in [0.1, 0.15) is 23.4 Å². The van der Waals surface area contributed by atoms with Crippen LogP contribution in [0, 0.1) is 0 Å². The lowest BCUT2D eigenvalue weighted by Crippen LogP contribution is -2.55. The van der Waals surface area contributed by atoms with Crippen LogP contribution in [-0.4, -0.2) is 45.6 Å². The number of carbonyl (C=O) groups excluding carboxylic acids is 3. The van der Waals surface area contributed by atoms with Crippen molar-refractivity contribution in [2.75, 3.05) is 0 Å². The fraction of sp³-hybridized carbons (Fsp3) is 0.382. The van der Waals surface area contributed by atoms with Gasteiger partial charge in [-0.25, -0.2) is 4.79 Å². The van der Waals surface area contributed by atoms with E-state index in [9.17, 15) is 19.5 Å². The number of phenols is 1. The second kappa shape index (κ2) is 14.5. The van der Waals surface area contributed by atoms with Crippen molar-refractivity contribution < 1.29 is 24.2 Å². The minimum atomic E-state index is -1.04. The van der Waals surface area contributed by atoms with E-state index in [1.807, 2.05) is 68.4 Å². The van der Waals surface area contributed by atoms with Gasteiger partial charge in [-0.3, -0.25) is 9.59 Å². The first-order valence-corrected chi connectivity index (χ1v) is 14.4. The molecule has 2 atom stereocenters. The number of nitrogens with one attached hydrogen (secondary N) is 2. The molecular formula is C34H43N3O5. The molecule has 0 radical (unpaired) electrons. The Bertz CT molecular complexity index is 1320. The maximum Gasteiger partial charge on any atom is 0.408 e. The molecule has 3 N–H and O–H groups in total. The van der Waals surface area contributed by atoms with Crippen LogP contribution in [0.25, 0.3) is 0 Å². The second-order valence-corrected chi connectivity index (χ2v) is 11.6. The highest BCUT2D eigenvalue weighted by Crippen LogP contribution is 2.27. The largest absolute Gasteiger partial charge is 0.508 e. The summed E-state index contributed by atoms with van der Waals surface area (Å²) in [6, 6.07) is 21.3. The van der Waals surface area contributed by atoms with Crippen LogP contribution >= 0.6 is 0 Å². The van der Waals surface area contributed by atoms with Gasteiger partial charge in [0.25, 0.3) is 0 Å². The molecule has 3 rings (SSSR count). The molecule has 0 aliphatic heterocycles. The van der Waals surface area contributed by atoms with E-state index in [0.29, 0.717) is 12.1 Å². The molecule has 0 heterocycles. The molecule has 3 aromatic carbocycles. The first kappa shape index (κ1) is 32.2. The van der Waals surface area contributed by atoms with E-state index in [2.05, 4.69) is 17.6 Å². The molecule has 0 bridgehead atoms. The molecule has 0 aliphatic carbocycles. The van der Waals surface area contributed by atoms with Crippen LogP contribution in [0.15, 0.2) is 78.9 Å². The van der Waals surface area contributed by atoms with Gasteiger partial charge in [-0.2, -0.15) is 0 Å². The van der Waals surface area contributed by atoms with E-state index in [-0.39, 0.29) is 18.1 Å². The van der Waals surface area contributed by atoms with Crippen LogP contribution in [0.2, 0.25) is 0 Å². The Kier molecular flexibility index (Phi) is 11.1. The summed E-state index contributed by atoms with van der Waals surface area (Å²) in [5, 5.41) is 15.5. The van der Waals surface area contributed by atoms with Gasteiger partial charge in [0.05, 0.1) is 0 Å². The van der Waals surface area contributed by atoms with Crippen LogP contribution in [0.3, 0.4) is 0 Å². The van der Waals surface area contributed by atoms with Crippen molar-refractivity contribution in [3.05, 3.63) is 101 Å². The van der Waals surface area contributed by atoms with E-state index in [1.54, 1.807) is 32.9 Å². The SMILES string of the molecule is CCc1ccc(C(C(=O)NCc2ccccc2)N(C(=O)C(Cc2ccc(O)cc2)NC(=O)OC(C)(C)C)C(C)C)cc1. The van der Waals surface area contributed by atoms with Gasteiger partial charge in [0, 0.05) is 19.0 Å². The van der Waals surface area contributed by atoms with Crippen molar-refractivity contribution in [2.45, 2.75) is 84.7 Å². The van der Waals surface area contributed by atoms with Crippen LogP contribution in [0.4, 0.5) is 4.79 Å². The average molecular weight is 574 g/mol. The number of aromatic hydroxyl groups is 1. The lowest BCUT2D eigenvalue weighted by atomic mass is 9.97. The summed E-state index contributed by atoms with van der Waals surface area (Å²) < 4.78 is 5.48. The van der Waals surface area contributed by atoms with E-state index < -0.39 is 35.7 Å². The zero-order chi connectivity index (χ0) is 30.9. The first-order chi connectivity index (χ1) is 19.9. The van der Waals surface area contributed by atoms with Crippen molar-refractivity contribution in [3.63, 3.8) is 0 Å². The van der Waals surface area contributed by atoms with Gasteiger partial charge in [0.2, 0.25) is 11.8 Å². The number of ether oxygens (including phenoxy) is 1. The maximum atomic E-state index is 14.4. The number of carbonyl (C=O) groups is 3. The van der Waals surface area contributed by atoms with Gasteiger partial charge < -0.3 is 25.4 Å². The fourth-order valence-corrected chi connectivity index (χ4v) is 4.63. The van der Waals surface area contributed by atoms with Crippen molar-refractivity contribution in [2.24, 2.45) is 0 Å². The highest BCUT2D eigenvalue weighted by molar-refractivity contribution is 5.92. The lowest BCUT2D eigenvalue weighted by molar-refractivity contribution is -0.144. The van der Waals surface area contributed by atoms with E-state index in [4.69, 9.17) is 4.74 Å². The third-order valence-corrected chi connectivity index (χ3v) is 6.72. The Morgan fingerprint density at radius 2 is 1.45 bits per heavy atom. The number of nitrogens with zero attached hydrogens (tertiary/aromatic N) is 1. The summed E-state index contributed by atoms with van der Waals surface area (Å²) in [5.41, 5.74) is 2.67. The summed E-state index contributed by atoms with van der Waals surface area (Å²) in [6.45, 7) is 11.3. The molecule has 3 amide bonds. The molecule has 0 saturated carbocycles. The number of amides is 3. The smallest absolute Gasteiger partial charge is 0.408 e. The summed E-state index contributed by atoms with van der Waals surface area (Å²) in [7, 11) is 0. The van der Waals surface area contributed by atoms with Crippen LogP contribution < -0.4 is 10.6 Å². The van der Waals surface area contributed by atoms with E-state index in [1.165, 1.54) is 17.0 Å². The Labute approximate surface area is 249 Å². The number of benzene rings is 3. The van der Waals surface area contributed by atoms with Gasteiger partial charge in [0.15, 0.2) is 0 Å². The van der Waals surface area contributed by atoms with Gasteiger partial charge in [-0.15, -0.1) is 0 Å². The molecule has 3 aromatic rings. The van der Waals surface area contributed by atoms with Crippen LogP contribution in [-0.2, 0) is 33.7 Å². The van der Waals surface area contributed by atoms with Gasteiger partial charge >= 0.3 is 6.09 Å². The molecule has 0 spiro atoms. The zero-order valence-corrected chi connectivity index (χ0v) is 25.4. The third kappa shape index (κ3) is 9.36. The molecule has 224 valence electrons. The molecule has 8 heteroatoms. The lowest BCUT2D eigenvalue weighted by Gasteiger charge is -2.37. The van der Waals surface area contributed by atoms with Crippen molar-refractivity contribution >= 4 is 17.9 Å². The highest BCUT2D eigenvalue weighted by atomic mass is 16.6. The van der Waals surface area contributed by atoms with Crippen LogP contribution in [0.5, 0.6) is 5.75 Å².